The second-order valence-electron chi connectivity index (χ2n) is 9.46. The molecule has 0 rings (SSSR count). The first-order valence-electron chi connectivity index (χ1n) is 8.73. The Bertz CT molecular complexity index is 373. The van der Waals surface area contributed by atoms with Crippen molar-refractivity contribution in [1.82, 2.24) is 0 Å². The van der Waals surface area contributed by atoms with Gasteiger partial charge in [0.1, 0.15) is 0 Å². The molecule has 0 unspecified atom stereocenters. The van der Waals surface area contributed by atoms with E-state index in [0.29, 0.717) is 0 Å². The largest absolute Gasteiger partial charge is 0.469 e. The maximum absolute atomic E-state index is 6.51. The van der Waals surface area contributed by atoms with Gasteiger partial charge >= 0.3 is 25.9 Å². The first-order chi connectivity index (χ1) is 10.2. The van der Waals surface area contributed by atoms with Crippen LogP contribution in [0.15, 0.2) is 0 Å². The molecule has 0 saturated heterocycles. The average Bonchev–Trinajstić information content (AvgIpc) is 2.00. The van der Waals surface area contributed by atoms with Crippen molar-refractivity contribution in [3.63, 3.8) is 0 Å². The lowest BCUT2D eigenvalue weighted by Gasteiger charge is -2.42. The molecule has 0 heterocycles. The lowest BCUT2D eigenvalue weighted by molar-refractivity contribution is 0.219. The normalized spacial score (nSPS) is 15.2. The van der Waals surface area contributed by atoms with E-state index in [0.717, 1.165) is 0 Å². The van der Waals surface area contributed by atoms with Crippen molar-refractivity contribution in [3.05, 3.63) is 0 Å². The van der Waals surface area contributed by atoms with E-state index in [1.54, 1.807) is 0 Å². The molecule has 0 fully saturated rings. The van der Waals surface area contributed by atoms with Crippen LogP contribution in [0, 0.1) is 0 Å². The fraction of sp³-hybridized carbons (Fsp3) is 1.00. The summed E-state index contributed by atoms with van der Waals surface area (Å²) in [5.74, 6) is 0. The molecule has 0 atom stereocenters. The second kappa shape index (κ2) is 8.41. The van der Waals surface area contributed by atoms with Gasteiger partial charge in [-0.3, -0.25) is 0 Å². The molecule has 0 aliphatic carbocycles. The summed E-state index contributed by atoms with van der Waals surface area (Å²) in [5, 5.41) is 0. The zero-order valence-corrected chi connectivity index (χ0v) is 24.3. The quantitative estimate of drug-likeness (QED) is 0.457. The van der Waals surface area contributed by atoms with Crippen LogP contribution in [0.3, 0.4) is 0 Å². The highest BCUT2D eigenvalue weighted by atomic mass is 28.5. The third-order valence-corrected chi connectivity index (χ3v) is 21.7. The van der Waals surface area contributed by atoms with Gasteiger partial charge in [0, 0.05) is 6.55 Å². The third kappa shape index (κ3) is 12.5. The first-order valence-corrected chi connectivity index (χ1v) is 26.2. The van der Waals surface area contributed by atoms with Gasteiger partial charge in [-0.05, 0) is 78.6 Å². The smallest absolute Gasteiger partial charge is 0.437 e. The molecule has 0 aliphatic rings. The topological polar surface area (TPSA) is 46.2 Å². The van der Waals surface area contributed by atoms with E-state index in [1.165, 1.54) is 0 Å². The molecule has 0 aromatic heterocycles. The highest BCUT2D eigenvalue weighted by Gasteiger charge is 2.49. The van der Waals surface area contributed by atoms with E-state index in [2.05, 4.69) is 78.6 Å². The Morgan fingerprint density at radius 1 is 0.500 bits per heavy atom. The van der Waals surface area contributed by atoms with Crippen molar-refractivity contribution >= 4 is 51.6 Å². The molecule has 0 spiro atoms. The molecule has 146 valence electrons. The average molecular weight is 445 g/mol. The summed E-state index contributed by atoms with van der Waals surface area (Å²) in [7, 11) is -12.1. The van der Waals surface area contributed by atoms with Crippen LogP contribution < -0.4 is 0 Å². The Labute approximate surface area is 157 Å². The fourth-order valence-corrected chi connectivity index (χ4v) is 28.1. The van der Waals surface area contributed by atoms with Crippen molar-refractivity contribution in [2.24, 2.45) is 0 Å². The summed E-state index contributed by atoms with van der Waals surface area (Å²) in [6.45, 7) is 27.9. The van der Waals surface area contributed by atoms with Crippen molar-refractivity contribution < 1.29 is 20.6 Å². The lowest BCUT2D eigenvalue weighted by atomic mass is 11.8. The second-order valence-corrected chi connectivity index (χ2v) is 31.5. The van der Waals surface area contributed by atoms with Crippen molar-refractivity contribution in [1.29, 1.82) is 0 Å². The molecule has 0 aliphatic heterocycles. The first kappa shape index (κ1) is 25.1. The Morgan fingerprint density at radius 2 is 0.792 bits per heavy atom. The molecule has 0 amide bonds. The third-order valence-electron chi connectivity index (χ3n) is 2.42. The molecule has 0 N–H and O–H groups in total. The van der Waals surface area contributed by atoms with Crippen LogP contribution in [0.4, 0.5) is 0 Å². The predicted molar refractivity (Wildman–Crippen MR) is 118 cm³/mol. The molecule has 0 radical (unpaired) electrons. The van der Waals surface area contributed by atoms with Crippen LogP contribution in [-0.2, 0) is 20.6 Å². The molecule has 0 saturated carbocycles. The highest BCUT2D eigenvalue weighted by Crippen LogP contribution is 2.27. The monoisotopic (exact) mass is 444 g/mol. The molecule has 0 bridgehead atoms. The molecule has 24 heavy (non-hydrogen) atoms. The molecule has 5 nitrogen and oxygen atoms in total. The van der Waals surface area contributed by atoms with E-state index >= 15 is 0 Å². The van der Waals surface area contributed by atoms with Crippen molar-refractivity contribution in [2.75, 3.05) is 0 Å². The summed E-state index contributed by atoms with van der Waals surface area (Å²) in [5.41, 5.74) is 0. The van der Waals surface area contributed by atoms with Gasteiger partial charge in [-0.15, -0.1) is 0 Å². The summed E-state index contributed by atoms with van der Waals surface area (Å²) in [6.07, 6.45) is 0. The summed E-state index contributed by atoms with van der Waals surface area (Å²) in [6, 6.07) is 0. The van der Waals surface area contributed by atoms with Crippen molar-refractivity contribution in [3.8, 4) is 0 Å². The van der Waals surface area contributed by atoms with Crippen LogP contribution in [-0.4, -0.2) is 51.6 Å². The molecule has 11 heteroatoms. The number of hydrogen-bond acceptors (Lipinski definition) is 5. The Hall–Kier alpha value is 1.10. The standard InChI is InChI=1S/C13H40O5Si6/c1-19(2)14-24(13,17-22(9,10)15-20(3,4)5)18-23(11,12)16-21(6,7)8/h19H,1-13H3. The number of hydrogen-bond donors (Lipinski definition) is 0. The SMILES string of the molecule is C[SiH](C)O[Si](C)(O[Si](C)(C)O[Si](C)(C)C)O[Si](C)(C)O[Si](C)(C)C. The summed E-state index contributed by atoms with van der Waals surface area (Å²) in [4.78, 5) is 0. The van der Waals surface area contributed by atoms with Crippen LogP contribution in [0.1, 0.15) is 0 Å². The van der Waals surface area contributed by atoms with E-state index in [1.807, 2.05) is 6.55 Å². The minimum Gasteiger partial charge on any atom is -0.437 e. The van der Waals surface area contributed by atoms with Crippen LogP contribution in [0.2, 0.25) is 85.1 Å². The van der Waals surface area contributed by atoms with E-state index in [-0.39, 0.29) is 0 Å². The zero-order valence-electron chi connectivity index (χ0n) is 18.1. The molecular formula is C13H40O5Si6. The van der Waals surface area contributed by atoms with Gasteiger partial charge in [-0.1, -0.05) is 0 Å². The van der Waals surface area contributed by atoms with Crippen LogP contribution in [0.25, 0.3) is 0 Å². The highest BCUT2D eigenvalue weighted by molar-refractivity contribution is 6.90. The number of rotatable bonds is 10. The Morgan fingerprint density at radius 3 is 1.00 bits per heavy atom. The zero-order chi connectivity index (χ0) is 19.6. The fourth-order valence-electron chi connectivity index (χ4n) is 2.91. The minimum atomic E-state index is -2.80. The van der Waals surface area contributed by atoms with Gasteiger partial charge in [0.2, 0.25) is 0 Å². The maximum Gasteiger partial charge on any atom is 0.469 e. The van der Waals surface area contributed by atoms with Crippen LogP contribution >= 0.6 is 0 Å². The summed E-state index contributed by atoms with van der Waals surface area (Å²) >= 11 is 0. The van der Waals surface area contributed by atoms with Gasteiger partial charge < -0.3 is 20.6 Å². The Kier molecular flexibility index (Phi) is 8.80. The predicted octanol–water partition coefficient (Wildman–Crippen LogP) is 4.69. The van der Waals surface area contributed by atoms with Gasteiger partial charge in [0.05, 0.1) is 0 Å². The van der Waals surface area contributed by atoms with E-state index < -0.39 is 51.6 Å². The lowest BCUT2D eigenvalue weighted by Crippen LogP contribution is -2.61. The molecular weight excluding hydrogens is 405 g/mol. The van der Waals surface area contributed by atoms with Gasteiger partial charge in [0.15, 0.2) is 25.7 Å². The molecule has 0 aromatic rings. The van der Waals surface area contributed by atoms with Gasteiger partial charge in [-0.25, -0.2) is 0 Å². The minimum absolute atomic E-state index is 1.31. The van der Waals surface area contributed by atoms with Crippen LogP contribution in [0.5, 0.6) is 0 Å². The van der Waals surface area contributed by atoms with Gasteiger partial charge in [-0.2, -0.15) is 0 Å². The van der Waals surface area contributed by atoms with Crippen molar-refractivity contribution in [2.45, 2.75) is 85.1 Å². The van der Waals surface area contributed by atoms with E-state index in [4.69, 9.17) is 20.6 Å². The maximum atomic E-state index is 6.51. The Balaban J connectivity index is 5.35. The van der Waals surface area contributed by atoms with E-state index in [9.17, 15) is 0 Å². The van der Waals surface area contributed by atoms with Gasteiger partial charge in [0.25, 0.3) is 0 Å². The molecule has 0 aromatic carbocycles. The summed E-state index contributed by atoms with van der Waals surface area (Å²) < 4.78 is 32.0.